The van der Waals surface area contributed by atoms with Gasteiger partial charge in [-0.05, 0) is 49.2 Å². The highest BCUT2D eigenvalue weighted by Crippen LogP contribution is 2.39. The van der Waals surface area contributed by atoms with E-state index in [0.717, 1.165) is 22.4 Å². The number of aliphatic imine (C=N–C) groups is 1. The number of aryl methyl sites for hydroxylation is 2. The highest BCUT2D eigenvalue weighted by molar-refractivity contribution is 8.15. The Labute approximate surface area is 219 Å². The number of carbonyl (C=O) groups is 2. The van der Waals surface area contributed by atoms with E-state index < -0.39 is 5.25 Å². The van der Waals surface area contributed by atoms with Gasteiger partial charge in [-0.1, -0.05) is 83.0 Å². The molecule has 0 bridgehead atoms. The Morgan fingerprint density at radius 2 is 1.64 bits per heavy atom. The van der Waals surface area contributed by atoms with E-state index in [2.05, 4.69) is 34.6 Å². The van der Waals surface area contributed by atoms with Gasteiger partial charge in [-0.3, -0.25) is 9.59 Å². The Hall–Kier alpha value is -3.42. The van der Waals surface area contributed by atoms with Crippen LogP contribution in [-0.2, 0) is 9.59 Å². The van der Waals surface area contributed by atoms with E-state index in [-0.39, 0.29) is 24.3 Å². The molecule has 2 amide bonds. The topological polar surface area (TPSA) is 74.1 Å². The molecule has 2 aliphatic heterocycles. The van der Waals surface area contributed by atoms with E-state index >= 15 is 0 Å². The number of halogens is 1. The Morgan fingerprint density at radius 1 is 1.00 bits per heavy atom. The third kappa shape index (κ3) is 5.37. The molecule has 0 spiro atoms. The van der Waals surface area contributed by atoms with Crippen molar-refractivity contribution in [3.63, 3.8) is 0 Å². The van der Waals surface area contributed by atoms with Gasteiger partial charge in [0, 0.05) is 23.6 Å². The van der Waals surface area contributed by atoms with Crippen molar-refractivity contribution >= 4 is 51.7 Å². The molecule has 0 aliphatic carbocycles. The third-order valence-electron chi connectivity index (χ3n) is 6.18. The van der Waals surface area contributed by atoms with Gasteiger partial charge in [-0.25, -0.2) is 5.01 Å². The number of nitrogens with zero attached hydrogens (tertiary/aromatic N) is 3. The summed E-state index contributed by atoms with van der Waals surface area (Å²) >= 11 is 7.41. The number of hydrazone groups is 1. The van der Waals surface area contributed by atoms with Crippen LogP contribution in [0.1, 0.15) is 41.1 Å². The van der Waals surface area contributed by atoms with Crippen LogP contribution in [0.15, 0.2) is 82.9 Å². The number of amides is 2. The van der Waals surface area contributed by atoms with E-state index in [1.165, 1.54) is 17.3 Å². The summed E-state index contributed by atoms with van der Waals surface area (Å²) in [6.45, 7) is 4.04. The molecule has 8 heteroatoms. The fourth-order valence-corrected chi connectivity index (χ4v) is 5.36. The van der Waals surface area contributed by atoms with E-state index in [4.69, 9.17) is 16.7 Å². The first kappa shape index (κ1) is 24.3. The van der Waals surface area contributed by atoms with Gasteiger partial charge >= 0.3 is 0 Å². The molecule has 0 aromatic heterocycles. The number of anilines is 1. The van der Waals surface area contributed by atoms with E-state index in [9.17, 15) is 9.59 Å². The first-order valence-corrected chi connectivity index (χ1v) is 13.0. The fourth-order valence-electron chi connectivity index (χ4n) is 4.17. The van der Waals surface area contributed by atoms with Crippen LogP contribution in [0.5, 0.6) is 0 Å². The normalized spacial score (nSPS) is 19.3. The van der Waals surface area contributed by atoms with Crippen LogP contribution in [0.25, 0.3) is 0 Å². The van der Waals surface area contributed by atoms with Gasteiger partial charge in [0.15, 0.2) is 5.17 Å². The summed E-state index contributed by atoms with van der Waals surface area (Å²) in [5.74, 6) is -0.538. The molecule has 0 unspecified atom stereocenters. The number of carbonyl (C=O) groups excluding carboxylic acids is 2. The van der Waals surface area contributed by atoms with Crippen LogP contribution < -0.4 is 5.32 Å². The minimum absolute atomic E-state index is 0.0400. The monoisotopic (exact) mass is 516 g/mol. The first-order chi connectivity index (χ1) is 17.4. The first-order valence-electron chi connectivity index (χ1n) is 11.7. The smallest absolute Gasteiger partial charge is 0.262 e. The van der Waals surface area contributed by atoms with Crippen LogP contribution in [-0.4, -0.2) is 33.0 Å². The predicted octanol–water partition coefficient (Wildman–Crippen LogP) is 6.13. The zero-order chi connectivity index (χ0) is 25.2. The van der Waals surface area contributed by atoms with Crippen molar-refractivity contribution in [2.75, 3.05) is 5.32 Å². The molecule has 6 nitrogen and oxygen atoms in total. The van der Waals surface area contributed by atoms with Crippen LogP contribution in [0.4, 0.5) is 5.69 Å². The van der Waals surface area contributed by atoms with Crippen molar-refractivity contribution in [1.29, 1.82) is 0 Å². The van der Waals surface area contributed by atoms with Crippen molar-refractivity contribution in [2.24, 2.45) is 10.1 Å². The third-order valence-corrected chi connectivity index (χ3v) is 7.57. The largest absolute Gasteiger partial charge is 0.326 e. The second-order valence-corrected chi connectivity index (χ2v) is 10.6. The van der Waals surface area contributed by atoms with Crippen molar-refractivity contribution in [3.05, 3.63) is 100 Å². The molecule has 36 heavy (non-hydrogen) atoms. The zero-order valence-electron chi connectivity index (χ0n) is 19.9. The maximum absolute atomic E-state index is 12.8. The summed E-state index contributed by atoms with van der Waals surface area (Å²) < 4.78 is 0. The van der Waals surface area contributed by atoms with Gasteiger partial charge in [0.25, 0.3) is 5.91 Å². The summed E-state index contributed by atoms with van der Waals surface area (Å²) in [6, 6.07) is 23.3. The lowest BCUT2D eigenvalue weighted by molar-refractivity contribution is -0.121. The summed E-state index contributed by atoms with van der Waals surface area (Å²) in [4.78, 5) is 29.7. The van der Waals surface area contributed by atoms with Gasteiger partial charge in [0.1, 0.15) is 5.25 Å². The molecule has 2 heterocycles. The maximum atomic E-state index is 12.8. The molecule has 0 saturated heterocycles. The summed E-state index contributed by atoms with van der Waals surface area (Å²) in [5.41, 5.74) is 5.98. The molecule has 0 saturated carbocycles. The van der Waals surface area contributed by atoms with Crippen molar-refractivity contribution < 1.29 is 9.59 Å². The Morgan fingerprint density at radius 3 is 2.31 bits per heavy atom. The lowest BCUT2D eigenvalue weighted by atomic mass is 9.98. The Bertz CT molecular complexity index is 1350. The number of thioether (sulfide) groups is 1. The van der Waals surface area contributed by atoms with Gasteiger partial charge in [-0.15, -0.1) is 0 Å². The Kier molecular flexibility index (Phi) is 6.94. The summed E-state index contributed by atoms with van der Waals surface area (Å²) in [5, 5.41) is 10.1. The molecule has 3 aromatic rings. The average Bonchev–Trinajstić information content (AvgIpc) is 3.45. The maximum Gasteiger partial charge on any atom is 0.262 e. The molecule has 3 aromatic carbocycles. The van der Waals surface area contributed by atoms with Gasteiger partial charge < -0.3 is 5.32 Å². The molecule has 0 radical (unpaired) electrons. The fraction of sp³-hybridized carbons (Fsp3) is 0.214. The van der Waals surface area contributed by atoms with Crippen LogP contribution >= 0.6 is 23.4 Å². The minimum atomic E-state index is -0.588. The summed E-state index contributed by atoms with van der Waals surface area (Å²) in [6.07, 6.45) is 0.704. The molecule has 0 fully saturated rings. The van der Waals surface area contributed by atoms with Crippen LogP contribution in [0, 0.1) is 13.8 Å². The number of nitrogens with one attached hydrogen (secondary N) is 1. The van der Waals surface area contributed by atoms with Gasteiger partial charge in [-0.2, -0.15) is 10.1 Å². The molecule has 182 valence electrons. The minimum Gasteiger partial charge on any atom is -0.326 e. The molecule has 2 aliphatic rings. The van der Waals surface area contributed by atoms with Gasteiger partial charge in [0.2, 0.25) is 5.91 Å². The quantitative estimate of drug-likeness (QED) is 0.442. The molecule has 2 atom stereocenters. The molecular formula is C28H25ClN4O2S. The van der Waals surface area contributed by atoms with Crippen LogP contribution in [0.3, 0.4) is 0 Å². The number of rotatable bonds is 5. The van der Waals surface area contributed by atoms with Crippen molar-refractivity contribution in [2.45, 2.75) is 38.0 Å². The number of hydrogen-bond donors (Lipinski definition) is 1. The average molecular weight is 517 g/mol. The lowest BCUT2D eigenvalue weighted by Gasteiger charge is -2.23. The second kappa shape index (κ2) is 10.3. The summed E-state index contributed by atoms with van der Waals surface area (Å²) in [7, 11) is 0. The van der Waals surface area contributed by atoms with Crippen LogP contribution in [0.2, 0.25) is 5.02 Å². The van der Waals surface area contributed by atoms with E-state index in [1.807, 2.05) is 67.4 Å². The van der Waals surface area contributed by atoms with E-state index in [0.29, 0.717) is 22.3 Å². The predicted molar refractivity (Wildman–Crippen MR) is 147 cm³/mol. The highest BCUT2D eigenvalue weighted by Gasteiger charge is 2.39. The zero-order valence-corrected chi connectivity index (χ0v) is 21.5. The number of amidine groups is 1. The lowest BCUT2D eigenvalue weighted by Crippen LogP contribution is -2.25. The molecule has 1 N–H and O–H groups in total. The van der Waals surface area contributed by atoms with E-state index in [1.54, 1.807) is 0 Å². The van der Waals surface area contributed by atoms with Gasteiger partial charge in [0.05, 0.1) is 11.8 Å². The second-order valence-electron chi connectivity index (χ2n) is 8.99. The number of benzene rings is 3. The highest BCUT2D eigenvalue weighted by atomic mass is 35.5. The molecular weight excluding hydrogens is 492 g/mol. The SMILES string of the molecule is Cc1ccc(NC(=O)C[C@@H]2SC(N3N=C(c4ccc(C)cc4)C[C@H]3c3ccc(Cl)cc3)=NC2=O)cc1. The van der Waals surface area contributed by atoms with Crippen molar-refractivity contribution in [1.82, 2.24) is 5.01 Å². The number of hydrogen-bond acceptors (Lipinski definition) is 5. The standard InChI is InChI=1S/C28H25ClN4O2S/c1-17-3-7-19(8-4-17)23-15-24(20-9-11-21(29)12-10-20)33(32-23)28-31-27(35)25(36-28)16-26(34)30-22-13-5-18(2)6-14-22/h3-14,24-25H,15-16H2,1-2H3,(H,30,34)/t24-,25-/m0/s1. The molecule has 5 rings (SSSR count). The Balaban J connectivity index is 1.35. The van der Waals surface area contributed by atoms with Crippen molar-refractivity contribution in [3.8, 4) is 0 Å².